The summed E-state index contributed by atoms with van der Waals surface area (Å²) in [5.74, 6) is 0.653. The molecular formula is C12H17N5O. The molecule has 1 fully saturated rings. The van der Waals surface area contributed by atoms with Crippen LogP contribution in [0, 0.1) is 6.92 Å². The number of hydrogen-bond donors (Lipinski definition) is 2. The summed E-state index contributed by atoms with van der Waals surface area (Å²) in [6.07, 6.45) is 0.165. The van der Waals surface area contributed by atoms with E-state index in [0.29, 0.717) is 5.95 Å². The largest absolute Gasteiger partial charge is 0.378 e. The highest BCUT2D eigenvalue weighted by atomic mass is 16.5. The summed E-state index contributed by atoms with van der Waals surface area (Å²) in [6, 6.07) is 6.16. The summed E-state index contributed by atoms with van der Waals surface area (Å²) in [5.41, 5.74) is 1.93. The highest BCUT2D eigenvalue weighted by Crippen LogP contribution is 2.12. The lowest BCUT2D eigenvalue weighted by atomic mass is 10.2. The lowest BCUT2D eigenvalue weighted by molar-refractivity contribution is 0.111. The van der Waals surface area contributed by atoms with Crippen molar-refractivity contribution in [3.63, 3.8) is 0 Å². The van der Waals surface area contributed by atoms with Gasteiger partial charge in [-0.1, -0.05) is 6.07 Å². The number of anilines is 1. The van der Waals surface area contributed by atoms with Crippen LogP contribution in [0.4, 0.5) is 5.95 Å². The van der Waals surface area contributed by atoms with Gasteiger partial charge in [0, 0.05) is 25.9 Å². The van der Waals surface area contributed by atoms with Crippen LogP contribution in [0.2, 0.25) is 0 Å². The van der Waals surface area contributed by atoms with E-state index < -0.39 is 0 Å². The van der Waals surface area contributed by atoms with Crippen molar-refractivity contribution in [3.05, 3.63) is 23.9 Å². The molecule has 0 amide bonds. The number of nitrogens with zero attached hydrogens (tertiary/aromatic N) is 3. The Balaban J connectivity index is 1.84. The first-order valence-corrected chi connectivity index (χ1v) is 6.10. The topological polar surface area (TPSA) is 63.5 Å². The van der Waals surface area contributed by atoms with Crippen molar-refractivity contribution < 1.29 is 4.74 Å². The van der Waals surface area contributed by atoms with E-state index in [4.69, 9.17) is 4.74 Å². The van der Waals surface area contributed by atoms with E-state index in [1.807, 2.05) is 29.6 Å². The second-order valence-corrected chi connectivity index (χ2v) is 4.56. The number of pyridine rings is 1. The first kappa shape index (κ1) is 11.4. The average Bonchev–Trinajstić information content (AvgIpc) is 2.96. The Hall–Kier alpha value is -1.66. The van der Waals surface area contributed by atoms with Crippen molar-refractivity contribution in [3.8, 4) is 0 Å². The Morgan fingerprint density at radius 1 is 1.44 bits per heavy atom. The Morgan fingerprint density at radius 3 is 3.11 bits per heavy atom. The van der Waals surface area contributed by atoms with E-state index in [-0.39, 0.29) is 12.1 Å². The molecule has 3 rings (SSSR count). The van der Waals surface area contributed by atoms with Gasteiger partial charge in [-0.25, -0.2) is 4.52 Å². The summed E-state index contributed by atoms with van der Waals surface area (Å²) in [4.78, 5) is 4.46. The molecule has 0 saturated carbocycles. The zero-order valence-corrected chi connectivity index (χ0v) is 10.6. The van der Waals surface area contributed by atoms with Crippen LogP contribution in [0.25, 0.3) is 5.65 Å². The van der Waals surface area contributed by atoms with Crippen molar-refractivity contribution >= 4 is 11.6 Å². The lowest BCUT2D eigenvalue weighted by Crippen LogP contribution is -2.33. The molecule has 1 aliphatic heterocycles. The first-order chi connectivity index (χ1) is 8.78. The normalized spacial score (nSPS) is 23.7. The fraction of sp³-hybridized carbons (Fsp3) is 0.500. The summed E-state index contributed by atoms with van der Waals surface area (Å²) >= 11 is 0. The monoisotopic (exact) mass is 247 g/mol. The van der Waals surface area contributed by atoms with E-state index in [0.717, 1.165) is 24.4 Å². The van der Waals surface area contributed by atoms with Gasteiger partial charge in [-0.3, -0.25) is 0 Å². The molecule has 0 spiro atoms. The van der Waals surface area contributed by atoms with Crippen LogP contribution in [0.3, 0.4) is 0 Å². The third kappa shape index (κ3) is 1.93. The van der Waals surface area contributed by atoms with Crippen LogP contribution in [-0.2, 0) is 4.74 Å². The van der Waals surface area contributed by atoms with Gasteiger partial charge < -0.3 is 15.4 Å². The molecule has 2 aromatic heterocycles. The molecule has 1 unspecified atom stereocenters. The van der Waals surface area contributed by atoms with Gasteiger partial charge in [-0.2, -0.15) is 4.98 Å². The molecule has 0 aliphatic carbocycles. The molecule has 0 bridgehead atoms. The van der Waals surface area contributed by atoms with E-state index in [2.05, 4.69) is 20.7 Å². The quantitative estimate of drug-likeness (QED) is 0.824. The highest BCUT2D eigenvalue weighted by Gasteiger charge is 2.27. The number of rotatable bonds is 3. The molecule has 18 heavy (non-hydrogen) atoms. The maximum Gasteiger partial charge on any atom is 0.243 e. The predicted octanol–water partition coefficient (Wildman–Crippen LogP) is 0.436. The van der Waals surface area contributed by atoms with Crippen molar-refractivity contribution in [2.24, 2.45) is 0 Å². The minimum absolute atomic E-state index is 0.165. The molecular weight excluding hydrogens is 230 g/mol. The molecule has 6 nitrogen and oxygen atoms in total. The smallest absolute Gasteiger partial charge is 0.243 e. The third-order valence-electron chi connectivity index (χ3n) is 3.32. The maximum absolute atomic E-state index is 5.41. The van der Waals surface area contributed by atoms with Crippen LogP contribution in [0.15, 0.2) is 18.2 Å². The molecule has 3 heterocycles. The lowest BCUT2D eigenvalue weighted by Gasteiger charge is -2.17. The zero-order valence-electron chi connectivity index (χ0n) is 10.6. The Morgan fingerprint density at radius 2 is 2.33 bits per heavy atom. The summed E-state index contributed by atoms with van der Waals surface area (Å²) < 4.78 is 7.25. The number of aromatic nitrogens is 3. The molecule has 6 heteroatoms. The van der Waals surface area contributed by atoms with Crippen molar-refractivity contribution in [1.29, 1.82) is 0 Å². The predicted molar refractivity (Wildman–Crippen MR) is 68.8 cm³/mol. The van der Waals surface area contributed by atoms with E-state index in [1.165, 1.54) is 0 Å². The Labute approximate surface area is 105 Å². The number of ether oxygens (including phenoxy) is 1. The summed E-state index contributed by atoms with van der Waals surface area (Å²) in [7, 11) is 1.73. The Bertz CT molecular complexity index is 552. The van der Waals surface area contributed by atoms with Crippen LogP contribution >= 0.6 is 0 Å². The van der Waals surface area contributed by atoms with E-state index >= 15 is 0 Å². The van der Waals surface area contributed by atoms with Crippen LogP contribution in [0.1, 0.15) is 5.69 Å². The van der Waals surface area contributed by atoms with Crippen molar-refractivity contribution in [2.45, 2.75) is 19.1 Å². The van der Waals surface area contributed by atoms with Crippen LogP contribution in [-0.4, -0.2) is 46.9 Å². The molecule has 1 aliphatic rings. The SMILES string of the molecule is CO[C@H]1CNCC1Nc1nc2cccc(C)n2n1. The van der Waals surface area contributed by atoms with Crippen molar-refractivity contribution in [1.82, 2.24) is 19.9 Å². The van der Waals surface area contributed by atoms with Gasteiger partial charge in [0.25, 0.3) is 0 Å². The highest BCUT2D eigenvalue weighted by molar-refractivity contribution is 5.45. The van der Waals surface area contributed by atoms with Gasteiger partial charge in [0.2, 0.25) is 5.95 Å². The molecule has 0 radical (unpaired) electrons. The summed E-state index contributed by atoms with van der Waals surface area (Å²) in [6.45, 7) is 3.74. The van der Waals surface area contributed by atoms with Crippen molar-refractivity contribution in [2.75, 3.05) is 25.5 Å². The second kappa shape index (κ2) is 4.55. The molecule has 96 valence electrons. The molecule has 0 aromatic carbocycles. The number of aryl methyl sites for hydroxylation is 1. The third-order valence-corrected chi connectivity index (χ3v) is 3.32. The van der Waals surface area contributed by atoms with Gasteiger partial charge in [-0.05, 0) is 19.1 Å². The summed E-state index contributed by atoms with van der Waals surface area (Å²) in [5, 5.41) is 11.1. The van der Waals surface area contributed by atoms with Gasteiger partial charge >= 0.3 is 0 Å². The standard InChI is InChI=1S/C12H17N5O/c1-8-4-3-5-11-15-12(16-17(8)11)14-9-6-13-7-10(9)18-2/h3-5,9-10,13H,6-7H2,1-2H3,(H,14,16)/t9?,10-/m0/s1. The zero-order chi connectivity index (χ0) is 12.5. The van der Waals surface area contributed by atoms with Gasteiger partial charge in [0.15, 0.2) is 5.65 Å². The first-order valence-electron chi connectivity index (χ1n) is 6.10. The molecule has 2 N–H and O–H groups in total. The Kier molecular flexibility index (Phi) is 2.89. The molecule has 2 aromatic rings. The number of hydrogen-bond acceptors (Lipinski definition) is 5. The van der Waals surface area contributed by atoms with Gasteiger partial charge in [0.05, 0.1) is 12.1 Å². The minimum atomic E-state index is 0.165. The van der Waals surface area contributed by atoms with Gasteiger partial charge in [0.1, 0.15) is 0 Å². The molecule has 2 atom stereocenters. The van der Waals surface area contributed by atoms with Crippen LogP contribution < -0.4 is 10.6 Å². The van der Waals surface area contributed by atoms with E-state index in [9.17, 15) is 0 Å². The number of nitrogens with one attached hydrogen (secondary N) is 2. The second-order valence-electron chi connectivity index (χ2n) is 4.56. The fourth-order valence-corrected chi connectivity index (χ4v) is 2.31. The molecule has 1 saturated heterocycles. The van der Waals surface area contributed by atoms with Crippen LogP contribution in [0.5, 0.6) is 0 Å². The number of fused-ring (bicyclic) bond motifs is 1. The maximum atomic E-state index is 5.41. The minimum Gasteiger partial charge on any atom is -0.378 e. The van der Waals surface area contributed by atoms with Gasteiger partial charge in [-0.15, -0.1) is 5.10 Å². The number of methoxy groups -OCH3 is 1. The average molecular weight is 247 g/mol. The fourth-order valence-electron chi connectivity index (χ4n) is 2.31. The van der Waals surface area contributed by atoms with E-state index in [1.54, 1.807) is 7.11 Å².